The molecule has 0 spiro atoms. The minimum atomic E-state index is -2.97. The Kier molecular flexibility index (Phi) is 4.83. The molecular weight excluding hydrogens is 301 g/mol. The first-order valence-corrected chi connectivity index (χ1v) is 8.61. The molecule has 0 N–H and O–H groups in total. The molecule has 1 unspecified atom stereocenters. The molecule has 0 radical (unpaired) electrons. The molecule has 20 heavy (non-hydrogen) atoms. The van der Waals surface area contributed by atoms with Crippen LogP contribution in [0.2, 0.25) is 5.02 Å². The van der Waals surface area contributed by atoms with Crippen LogP contribution in [0.25, 0.3) is 0 Å². The maximum atomic E-state index is 13.8. The fourth-order valence-corrected chi connectivity index (χ4v) is 4.44. The summed E-state index contributed by atoms with van der Waals surface area (Å²) < 4.78 is 37.0. The van der Waals surface area contributed by atoms with Gasteiger partial charge in [-0.25, -0.2) is 12.8 Å². The number of hydrogen-bond acceptors (Lipinski definition) is 3. The van der Waals surface area contributed by atoms with Gasteiger partial charge in [-0.1, -0.05) is 23.7 Å². The number of hydrogen-bond donors (Lipinski definition) is 0. The molecule has 1 saturated heterocycles. The van der Waals surface area contributed by atoms with Crippen LogP contribution >= 0.6 is 11.6 Å². The van der Waals surface area contributed by atoms with E-state index in [1.165, 1.54) is 6.07 Å². The van der Waals surface area contributed by atoms with Crippen LogP contribution in [0.5, 0.6) is 0 Å². The molecule has 1 aromatic rings. The lowest BCUT2D eigenvalue weighted by molar-refractivity contribution is 0.224. The van der Waals surface area contributed by atoms with E-state index in [4.69, 9.17) is 11.6 Å². The Hall–Kier alpha value is -0.910. The van der Waals surface area contributed by atoms with E-state index in [1.807, 2.05) is 4.90 Å². The van der Waals surface area contributed by atoms with Crippen molar-refractivity contribution < 1.29 is 12.8 Å². The first-order chi connectivity index (χ1) is 9.43. The summed E-state index contributed by atoms with van der Waals surface area (Å²) in [5, 5.41) is 0.361. The fraction of sp³-hybridized carbons (Fsp3) is 0.429. The molecule has 0 aromatic heterocycles. The summed E-state index contributed by atoms with van der Waals surface area (Å²) in [5.41, 5.74) is 0.403. The Bertz CT molecular complexity index is 583. The quantitative estimate of drug-likeness (QED) is 0.784. The standard InChI is InChI=1S/C14H17ClFNO2S/c1-2-7-17(11-6-8-20(18,19)10-11)9-12-13(15)4-3-5-14(12)16/h2-5,11H,1,6-10H2. The SMILES string of the molecule is C=CCN(Cc1c(F)cccc1Cl)C1CCS(=O)(=O)C1. The van der Waals surface area contributed by atoms with Crippen molar-refractivity contribution in [3.05, 3.63) is 47.3 Å². The number of sulfone groups is 1. The molecule has 0 amide bonds. The van der Waals surface area contributed by atoms with Crippen LogP contribution in [0, 0.1) is 5.82 Å². The average molecular weight is 318 g/mol. The van der Waals surface area contributed by atoms with Crippen LogP contribution in [0.1, 0.15) is 12.0 Å². The van der Waals surface area contributed by atoms with Gasteiger partial charge < -0.3 is 0 Å². The Morgan fingerprint density at radius 2 is 2.25 bits per heavy atom. The number of rotatable bonds is 5. The molecule has 0 aliphatic carbocycles. The largest absolute Gasteiger partial charge is 0.291 e. The predicted molar refractivity (Wildman–Crippen MR) is 79.1 cm³/mol. The van der Waals surface area contributed by atoms with Crippen molar-refractivity contribution in [3.8, 4) is 0 Å². The summed E-state index contributed by atoms with van der Waals surface area (Å²) in [4.78, 5) is 1.92. The Labute approximate surface area is 124 Å². The Morgan fingerprint density at radius 1 is 1.50 bits per heavy atom. The molecular formula is C14H17ClFNO2S. The van der Waals surface area contributed by atoms with E-state index >= 15 is 0 Å². The van der Waals surface area contributed by atoms with Gasteiger partial charge in [-0.3, -0.25) is 4.90 Å². The molecule has 2 rings (SSSR count). The maximum Gasteiger partial charge on any atom is 0.151 e. The predicted octanol–water partition coefficient (Wildman–Crippen LogP) is 2.65. The van der Waals surface area contributed by atoms with Gasteiger partial charge in [0, 0.05) is 29.7 Å². The van der Waals surface area contributed by atoms with Crippen LogP contribution in [-0.2, 0) is 16.4 Å². The van der Waals surface area contributed by atoms with Crippen molar-refractivity contribution in [3.63, 3.8) is 0 Å². The third-order valence-electron chi connectivity index (χ3n) is 3.51. The lowest BCUT2D eigenvalue weighted by Crippen LogP contribution is -2.36. The van der Waals surface area contributed by atoms with Gasteiger partial charge >= 0.3 is 0 Å². The number of halogens is 2. The monoisotopic (exact) mass is 317 g/mol. The zero-order valence-corrected chi connectivity index (χ0v) is 12.6. The van der Waals surface area contributed by atoms with Gasteiger partial charge in [0.2, 0.25) is 0 Å². The molecule has 1 aromatic carbocycles. The first kappa shape index (κ1) is 15.5. The summed E-state index contributed by atoms with van der Waals surface area (Å²) in [7, 11) is -2.97. The Balaban J connectivity index is 2.20. The summed E-state index contributed by atoms with van der Waals surface area (Å²) >= 11 is 6.03. The van der Waals surface area contributed by atoms with Gasteiger partial charge in [-0.2, -0.15) is 0 Å². The highest BCUT2D eigenvalue weighted by molar-refractivity contribution is 7.91. The maximum absolute atomic E-state index is 13.8. The molecule has 1 atom stereocenters. The van der Waals surface area contributed by atoms with Gasteiger partial charge in [-0.15, -0.1) is 6.58 Å². The molecule has 0 bridgehead atoms. The van der Waals surface area contributed by atoms with Gasteiger partial charge in [0.25, 0.3) is 0 Å². The van der Waals surface area contributed by atoms with Gasteiger partial charge in [0.1, 0.15) is 5.82 Å². The highest BCUT2D eigenvalue weighted by Gasteiger charge is 2.32. The molecule has 3 nitrogen and oxygen atoms in total. The molecule has 6 heteroatoms. The van der Waals surface area contributed by atoms with Crippen LogP contribution in [0.3, 0.4) is 0 Å². The third-order valence-corrected chi connectivity index (χ3v) is 5.62. The van der Waals surface area contributed by atoms with Crippen LogP contribution in [0.15, 0.2) is 30.9 Å². The molecule has 1 aliphatic rings. The van der Waals surface area contributed by atoms with Crippen molar-refractivity contribution in [2.45, 2.75) is 19.0 Å². The van der Waals surface area contributed by atoms with Crippen LogP contribution in [-0.4, -0.2) is 37.4 Å². The Morgan fingerprint density at radius 3 is 2.80 bits per heavy atom. The summed E-state index contributed by atoms with van der Waals surface area (Å²) in [5.74, 6) is -0.0594. The zero-order valence-electron chi connectivity index (χ0n) is 11.1. The minimum Gasteiger partial charge on any atom is -0.291 e. The summed E-state index contributed by atoms with van der Waals surface area (Å²) in [6, 6.07) is 4.45. The van der Waals surface area contributed by atoms with E-state index in [-0.39, 0.29) is 29.9 Å². The smallest absolute Gasteiger partial charge is 0.151 e. The van der Waals surface area contributed by atoms with Crippen LogP contribution in [0.4, 0.5) is 4.39 Å². The second kappa shape index (κ2) is 6.24. The highest BCUT2D eigenvalue weighted by atomic mass is 35.5. The summed E-state index contributed by atoms with van der Waals surface area (Å²) in [6.07, 6.45) is 2.27. The van der Waals surface area contributed by atoms with Gasteiger partial charge in [0.05, 0.1) is 11.5 Å². The summed E-state index contributed by atoms with van der Waals surface area (Å²) in [6.45, 7) is 4.47. The molecule has 1 aliphatic heterocycles. The van der Waals surface area contributed by atoms with Crippen molar-refractivity contribution in [2.75, 3.05) is 18.1 Å². The lowest BCUT2D eigenvalue weighted by Gasteiger charge is -2.27. The molecule has 0 saturated carbocycles. The second-order valence-corrected chi connectivity index (χ2v) is 7.61. The lowest BCUT2D eigenvalue weighted by atomic mass is 10.1. The minimum absolute atomic E-state index is 0.103. The van der Waals surface area contributed by atoms with E-state index in [2.05, 4.69) is 6.58 Å². The average Bonchev–Trinajstić information content (AvgIpc) is 2.73. The van der Waals surface area contributed by atoms with Crippen molar-refractivity contribution in [2.24, 2.45) is 0 Å². The second-order valence-electron chi connectivity index (χ2n) is 4.98. The van der Waals surface area contributed by atoms with E-state index in [9.17, 15) is 12.8 Å². The van der Waals surface area contributed by atoms with Crippen molar-refractivity contribution in [1.82, 2.24) is 4.90 Å². The fourth-order valence-electron chi connectivity index (χ4n) is 2.46. The van der Waals surface area contributed by atoms with Crippen molar-refractivity contribution in [1.29, 1.82) is 0 Å². The first-order valence-electron chi connectivity index (χ1n) is 6.41. The third kappa shape index (κ3) is 3.59. The van der Waals surface area contributed by atoms with E-state index in [1.54, 1.807) is 18.2 Å². The van der Waals surface area contributed by atoms with Crippen molar-refractivity contribution >= 4 is 21.4 Å². The molecule has 110 valence electrons. The van der Waals surface area contributed by atoms with E-state index in [0.29, 0.717) is 23.6 Å². The number of nitrogens with zero attached hydrogens (tertiary/aromatic N) is 1. The van der Waals surface area contributed by atoms with E-state index in [0.717, 1.165) is 0 Å². The highest BCUT2D eigenvalue weighted by Crippen LogP contribution is 2.25. The topological polar surface area (TPSA) is 37.4 Å². The van der Waals surface area contributed by atoms with Gasteiger partial charge in [-0.05, 0) is 18.6 Å². The van der Waals surface area contributed by atoms with Gasteiger partial charge in [0.15, 0.2) is 9.84 Å². The normalized spacial score (nSPS) is 21.2. The van der Waals surface area contributed by atoms with E-state index < -0.39 is 9.84 Å². The molecule has 1 heterocycles. The number of benzene rings is 1. The van der Waals surface area contributed by atoms with Crippen LogP contribution < -0.4 is 0 Å². The zero-order chi connectivity index (χ0) is 14.8. The molecule has 1 fully saturated rings.